The molecule has 1 unspecified atom stereocenters. The zero-order valence-electron chi connectivity index (χ0n) is 16.6. The fourth-order valence-electron chi connectivity index (χ4n) is 3.35. The van der Waals surface area contributed by atoms with Crippen LogP contribution in [0.3, 0.4) is 0 Å². The van der Waals surface area contributed by atoms with E-state index in [1.165, 1.54) is 42.8 Å². The molecule has 0 bridgehead atoms. The molecule has 2 N–H and O–H groups in total. The van der Waals surface area contributed by atoms with E-state index in [9.17, 15) is 14.9 Å². The molecule has 30 heavy (non-hydrogen) atoms. The van der Waals surface area contributed by atoms with Crippen molar-refractivity contribution in [1.29, 1.82) is 5.26 Å². The van der Waals surface area contributed by atoms with E-state index in [0.717, 1.165) is 36.9 Å². The number of nitrogens with one attached hydrogen (secondary N) is 1. The summed E-state index contributed by atoms with van der Waals surface area (Å²) >= 11 is 7.31. The Morgan fingerprint density at radius 3 is 2.67 bits per heavy atom. The number of carboxylic acids is 1. The summed E-state index contributed by atoms with van der Waals surface area (Å²) in [5, 5.41) is 21.6. The summed E-state index contributed by atoms with van der Waals surface area (Å²) in [7, 11) is 0. The van der Waals surface area contributed by atoms with Crippen molar-refractivity contribution in [1.82, 2.24) is 4.98 Å². The van der Waals surface area contributed by atoms with Crippen LogP contribution in [0.5, 0.6) is 0 Å². The number of pyridine rings is 1. The van der Waals surface area contributed by atoms with Gasteiger partial charge in [0.1, 0.15) is 11.1 Å². The number of nitriles is 1. The smallest absolute Gasteiger partial charge is 0.335 e. The van der Waals surface area contributed by atoms with Gasteiger partial charge in [0.15, 0.2) is 0 Å². The number of hydrogen-bond acceptors (Lipinski definition) is 5. The maximum absolute atomic E-state index is 12.7. The highest BCUT2D eigenvalue weighted by atomic mass is 35.5. The van der Waals surface area contributed by atoms with Crippen LogP contribution in [-0.4, -0.2) is 27.2 Å². The van der Waals surface area contributed by atoms with Crippen molar-refractivity contribution in [2.45, 2.75) is 55.7 Å². The third-order valence-corrected chi connectivity index (χ3v) is 6.45. The van der Waals surface area contributed by atoms with Gasteiger partial charge in [-0.1, -0.05) is 36.2 Å². The van der Waals surface area contributed by atoms with Crippen LogP contribution >= 0.6 is 23.4 Å². The molecule has 6 nitrogen and oxygen atoms in total. The van der Waals surface area contributed by atoms with E-state index in [2.05, 4.69) is 11.4 Å². The van der Waals surface area contributed by atoms with Crippen LogP contribution in [0.25, 0.3) is 0 Å². The Morgan fingerprint density at radius 2 is 1.97 bits per heavy atom. The predicted molar refractivity (Wildman–Crippen MR) is 117 cm³/mol. The van der Waals surface area contributed by atoms with Crippen molar-refractivity contribution in [3.63, 3.8) is 0 Å². The number of carbonyl (C=O) groups is 2. The van der Waals surface area contributed by atoms with Crippen molar-refractivity contribution in [2.75, 3.05) is 5.32 Å². The second-order valence-electron chi connectivity index (χ2n) is 7.22. The van der Waals surface area contributed by atoms with Gasteiger partial charge in [-0.2, -0.15) is 5.26 Å². The summed E-state index contributed by atoms with van der Waals surface area (Å²) in [4.78, 5) is 28.6. The van der Waals surface area contributed by atoms with Gasteiger partial charge in [-0.05, 0) is 62.4 Å². The molecule has 8 heteroatoms. The number of amides is 1. The molecule has 1 atom stereocenters. The van der Waals surface area contributed by atoms with Crippen molar-refractivity contribution >= 4 is 40.9 Å². The van der Waals surface area contributed by atoms with E-state index in [-0.39, 0.29) is 22.2 Å². The monoisotopic (exact) mass is 443 g/mol. The number of carbonyl (C=O) groups excluding carboxylic acids is 1. The molecule has 0 radical (unpaired) electrons. The third-order valence-electron chi connectivity index (χ3n) is 5.02. The molecule has 0 saturated carbocycles. The predicted octanol–water partition coefficient (Wildman–Crippen LogP) is 5.08. The van der Waals surface area contributed by atoms with E-state index in [0.29, 0.717) is 10.6 Å². The lowest BCUT2D eigenvalue weighted by Gasteiger charge is -2.17. The van der Waals surface area contributed by atoms with Crippen LogP contribution in [0.15, 0.2) is 29.3 Å². The second-order valence-corrected chi connectivity index (χ2v) is 8.96. The molecule has 1 heterocycles. The number of fused-ring (bicyclic) bond motifs is 1. The lowest BCUT2D eigenvalue weighted by molar-refractivity contribution is -0.115. The number of rotatable bonds is 5. The van der Waals surface area contributed by atoms with Crippen molar-refractivity contribution in [3.05, 3.63) is 51.7 Å². The van der Waals surface area contributed by atoms with Gasteiger partial charge in [0, 0.05) is 5.69 Å². The molecule has 0 spiro atoms. The highest BCUT2D eigenvalue weighted by Gasteiger charge is 2.21. The molecule has 1 aliphatic carbocycles. The number of aryl methyl sites for hydroxylation is 2. The largest absolute Gasteiger partial charge is 0.478 e. The molecular formula is C22H22ClN3O3S. The summed E-state index contributed by atoms with van der Waals surface area (Å²) in [5.41, 5.74) is 2.89. The lowest BCUT2D eigenvalue weighted by Crippen LogP contribution is -2.23. The maximum Gasteiger partial charge on any atom is 0.335 e. The summed E-state index contributed by atoms with van der Waals surface area (Å²) < 4.78 is 0. The van der Waals surface area contributed by atoms with Crippen molar-refractivity contribution in [2.24, 2.45) is 0 Å². The zero-order valence-corrected chi connectivity index (χ0v) is 18.1. The first-order chi connectivity index (χ1) is 14.4. The molecular weight excluding hydrogens is 422 g/mol. The first-order valence-electron chi connectivity index (χ1n) is 9.82. The van der Waals surface area contributed by atoms with Gasteiger partial charge in [-0.3, -0.25) is 4.79 Å². The molecule has 156 valence electrons. The second kappa shape index (κ2) is 9.96. The number of thioether (sulfide) groups is 1. The van der Waals surface area contributed by atoms with Gasteiger partial charge in [0.05, 0.1) is 27.1 Å². The van der Waals surface area contributed by atoms with Crippen LogP contribution in [0.4, 0.5) is 5.69 Å². The normalized spacial score (nSPS) is 14.6. The van der Waals surface area contributed by atoms with Crippen LogP contribution in [0.2, 0.25) is 5.02 Å². The lowest BCUT2D eigenvalue weighted by atomic mass is 9.96. The molecule has 0 saturated heterocycles. The van der Waals surface area contributed by atoms with Crippen molar-refractivity contribution < 1.29 is 14.7 Å². The first kappa shape index (κ1) is 22.1. The van der Waals surface area contributed by atoms with Crippen LogP contribution < -0.4 is 5.32 Å². The maximum atomic E-state index is 12.7. The van der Waals surface area contributed by atoms with Gasteiger partial charge < -0.3 is 10.4 Å². The average Bonchev–Trinajstić information content (AvgIpc) is 2.70. The molecule has 0 aliphatic heterocycles. The molecule has 2 aromatic rings. The number of aromatic carboxylic acids is 1. The zero-order chi connectivity index (χ0) is 21.7. The van der Waals surface area contributed by atoms with Crippen molar-refractivity contribution in [3.8, 4) is 6.07 Å². The Kier molecular flexibility index (Phi) is 7.35. The van der Waals surface area contributed by atoms with Crippen LogP contribution in [0.1, 0.15) is 59.8 Å². The first-order valence-corrected chi connectivity index (χ1v) is 11.1. The van der Waals surface area contributed by atoms with Crippen LogP contribution in [0, 0.1) is 11.3 Å². The molecule has 3 rings (SSSR count). The fourth-order valence-corrected chi connectivity index (χ4v) is 4.41. The SMILES string of the molecule is CC(Sc1nc2c(cc1C#N)CCCCCC2)C(=O)Nc1cc(C(=O)O)ccc1Cl. The molecule has 1 aromatic heterocycles. The number of benzene rings is 1. The topological polar surface area (TPSA) is 103 Å². The van der Waals surface area contributed by atoms with E-state index in [1.54, 1.807) is 6.92 Å². The van der Waals surface area contributed by atoms with Crippen LogP contribution in [-0.2, 0) is 17.6 Å². The van der Waals surface area contributed by atoms with Gasteiger partial charge in [-0.15, -0.1) is 0 Å². The molecule has 1 aliphatic rings. The van der Waals surface area contributed by atoms with Gasteiger partial charge in [-0.25, -0.2) is 9.78 Å². The Bertz CT molecular complexity index is 1020. The Morgan fingerprint density at radius 1 is 1.23 bits per heavy atom. The summed E-state index contributed by atoms with van der Waals surface area (Å²) in [6.45, 7) is 1.72. The fraction of sp³-hybridized carbons (Fsp3) is 0.364. The Labute approximate surface area is 184 Å². The van der Waals surface area contributed by atoms with E-state index >= 15 is 0 Å². The molecule has 0 fully saturated rings. The summed E-state index contributed by atoms with van der Waals surface area (Å²) in [6.07, 6.45) is 6.36. The Hall–Kier alpha value is -2.56. The number of halogens is 1. The summed E-state index contributed by atoms with van der Waals surface area (Å²) in [5.74, 6) is -1.45. The van der Waals surface area contributed by atoms with Gasteiger partial charge in [0.25, 0.3) is 0 Å². The minimum absolute atomic E-state index is 0.0325. The molecule has 1 amide bonds. The average molecular weight is 444 g/mol. The third kappa shape index (κ3) is 5.32. The van der Waals surface area contributed by atoms with Gasteiger partial charge in [0.2, 0.25) is 5.91 Å². The number of nitrogens with zero attached hydrogens (tertiary/aromatic N) is 2. The Balaban J connectivity index is 1.78. The minimum atomic E-state index is -1.10. The highest BCUT2D eigenvalue weighted by Crippen LogP contribution is 2.30. The van der Waals surface area contributed by atoms with E-state index in [4.69, 9.17) is 21.7 Å². The van der Waals surface area contributed by atoms with Gasteiger partial charge >= 0.3 is 5.97 Å². The summed E-state index contributed by atoms with van der Waals surface area (Å²) in [6, 6.07) is 8.25. The number of aromatic nitrogens is 1. The number of anilines is 1. The minimum Gasteiger partial charge on any atom is -0.478 e. The number of hydrogen-bond donors (Lipinski definition) is 2. The standard InChI is InChI=1S/C22H22ClN3O3S/c1-13(20(27)25-19-11-15(22(28)29)8-9-17(19)23)30-21-16(12-24)10-14-6-4-2-3-5-7-18(14)26-21/h8-11,13H,2-7H2,1H3,(H,25,27)(H,28,29). The van der Waals surface area contributed by atoms with E-state index in [1.807, 2.05) is 6.07 Å². The highest BCUT2D eigenvalue weighted by molar-refractivity contribution is 8.00. The quantitative estimate of drug-likeness (QED) is 0.624. The molecule has 1 aromatic carbocycles. The van der Waals surface area contributed by atoms with E-state index < -0.39 is 11.2 Å². The number of carboxylic acid groups (broad SMARTS) is 1.